The van der Waals surface area contributed by atoms with Crippen LogP contribution in [0.2, 0.25) is 0 Å². The molecule has 10 heavy (non-hydrogen) atoms. The minimum atomic E-state index is -0.525. The van der Waals surface area contributed by atoms with Crippen molar-refractivity contribution >= 4 is 28.4 Å². The highest BCUT2D eigenvalue weighted by Crippen LogP contribution is 2.05. The fourth-order valence-corrected chi connectivity index (χ4v) is 0.859. The van der Waals surface area contributed by atoms with Crippen molar-refractivity contribution in [2.24, 2.45) is 0 Å². The van der Waals surface area contributed by atoms with Gasteiger partial charge in [-0.25, -0.2) is 0 Å². The molecule has 0 saturated heterocycles. The predicted molar refractivity (Wildman–Crippen MR) is 40.6 cm³/mol. The number of rotatable bonds is 2. The van der Waals surface area contributed by atoms with Gasteiger partial charge in [-0.3, -0.25) is 4.79 Å². The summed E-state index contributed by atoms with van der Waals surface area (Å²) in [5, 5.41) is 11.8. The SMILES string of the molecule is O=C(CO)c1cc(I)on1. The van der Waals surface area contributed by atoms with Crippen molar-refractivity contribution in [2.75, 3.05) is 6.61 Å². The molecule has 0 aliphatic heterocycles. The Hall–Kier alpha value is -0.430. The van der Waals surface area contributed by atoms with E-state index >= 15 is 0 Å². The van der Waals surface area contributed by atoms with Crippen molar-refractivity contribution in [2.45, 2.75) is 0 Å². The number of hydrogen-bond donors (Lipinski definition) is 1. The molecule has 1 aromatic rings. The lowest BCUT2D eigenvalue weighted by atomic mass is 10.3. The zero-order chi connectivity index (χ0) is 7.56. The first-order chi connectivity index (χ1) is 4.74. The van der Waals surface area contributed by atoms with E-state index in [1.54, 1.807) is 0 Å². The molecule has 5 heteroatoms. The maximum absolute atomic E-state index is 10.7. The fraction of sp³-hybridized carbons (Fsp3) is 0.200. The van der Waals surface area contributed by atoms with Crippen LogP contribution in [-0.4, -0.2) is 22.7 Å². The van der Waals surface area contributed by atoms with Gasteiger partial charge in [-0.15, -0.1) is 0 Å². The molecule has 0 saturated carbocycles. The molecule has 0 atom stereocenters. The minimum Gasteiger partial charge on any atom is -0.388 e. The Kier molecular flexibility index (Phi) is 2.39. The van der Waals surface area contributed by atoms with E-state index in [2.05, 4.69) is 9.68 Å². The van der Waals surface area contributed by atoms with Crippen LogP contribution in [0.5, 0.6) is 0 Å². The van der Waals surface area contributed by atoms with Gasteiger partial charge >= 0.3 is 0 Å². The molecule has 0 aromatic carbocycles. The van der Waals surface area contributed by atoms with Gasteiger partial charge in [0.1, 0.15) is 6.61 Å². The maximum Gasteiger partial charge on any atom is 0.210 e. The lowest BCUT2D eigenvalue weighted by molar-refractivity contribution is 0.0894. The molecular formula is C5H4INO3. The zero-order valence-corrected chi connectivity index (χ0v) is 7.03. The number of Topliss-reactive ketones (excluding diaryl/α,β-unsaturated/α-hetero) is 1. The van der Waals surface area contributed by atoms with E-state index in [-0.39, 0.29) is 5.69 Å². The van der Waals surface area contributed by atoms with Crippen molar-refractivity contribution in [1.29, 1.82) is 0 Å². The first-order valence-electron chi connectivity index (χ1n) is 2.50. The summed E-state index contributed by atoms with van der Waals surface area (Å²) in [5.41, 5.74) is 0.173. The number of aliphatic hydroxyl groups excluding tert-OH is 1. The molecule has 0 aliphatic rings. The van der Waals surface area contributed by atoms with Gasteiger partial charge < -0.3 is 9.63 Å². The predicted octanol–water partition coefficient (Wildman–Crippen LogP) is 0.454. The average molecular weight is 253 g/mol. The Labute approximate surface area is 70.3 Å². The summed E-state index contributed by atoms with van der Waals surface area (Å²) < 4.78 is 5.13. The number of carbonyl (C=O) groups excluding carboxylic acids is 1. The van der Waals surface area contributed by atoms with E-state index in [0.717, 1.165) is 0 Å². The number of nitrogens with zero attached hydrogens (tertiary/aromatic N) is 1. The van der Waals surface area contributed by atoms with E-state index in [9.17, 15) is 4.79 Å². The van der Waals surface area contributed by atoms with Crippen molar-refractivity contribution in [3.8, 4) is 0 Å². The number of ketones is 1. The number of hydrogen-bond acceptors (Lipinski definition) is 4. The third kappa shape index (κ3) is 1.54. The van der Waals surface area contributed by atoms with Gasteiger partial charge in [0, 0.05) is 28.7 Å². The summed E-state index contributed by atoms with van der Waals surface area (Å²) in [4.78, 5) is 10.7. The normalized spacial score (nSPS) is 9.80. The molecule has 1 heterocycles. The molecule has 54 valence electrons. The van der Waals surface area contributed by atoms with Crippen molar-refractivity contribution in [3.05, 3.63) is 15.5 Å². The molecular weight excluding hydrogens is 249 g/mol. The van der Waals surface area contributed by atoms with Crippen LogP contribution in [0.1, 0.15) is 10.5 Å². The molecule has 4 nitrogen and oxygen atoms in total. The Balaban J connectivity index is 2.85. The van der Waals surface area contributed by atoms with E-state index in [1.165, 1.54) is 6.07 Å². The first kappa shape index (κ1) is 7.67. The van der Waals surface area contributed by atoms with Crippen LogP contribution in [0.3, 0.4) is 0 Å². The van der Waals surface area contributed by atoms with Gasteiger partial charge in [-0.2, -0.15) is 0 Å². The van der Waals surface area contributed by atoms with Crippen molar-refractivity contribution < 1.29 is 14.4 Å². The average Bonchev–Trinajstić information content (AvgIpc) is 2.34. The van der Waals surface area contributed by atoms with Gasteiger partial charge in [-0.1, -0.05) is 5.16 Å². The van der Waals surface area contributed by atoms with E-state index < -0.39 is 12.4 Å². The van der Waals surface area contributed by atoms with Crippen LogP contribution in [0.15, 0.2) is 10.6 Å². The minimum absolute atomic E-state index is 0.173. The lowest BCUT2D eigenvalue weighted by Gasteiger charge is -1.83. The monoisotopic (exact) mass is 253 g/mol. The summed E-state index contributed by atoms with van der Waals surface area (Å²) in [6.07, 6.45) is 0. The number of aromatic nitrogens is 1. The van der Waals surface area contributed by atoms with Gasteiger partial charge in [0.25, 0.3) is 0 Å². The van der Waals surface area contributed by atoms with Gasteiger partial charge in [-0.05, 0) is 0 Å². The molecule has 0 aliphatic carbocycles. The number of carbonyl (C=O) groups is 1. The molecule has 0 radical (unpaired) electrons. The fourth-order valence-electron chi connectivity index (χ4n) is 0.465. The van der Waals surface area contributed by atoms with Crippen LogP contribution in [-0.2, 0) is 0 Å². The standard InChI is InChI=1S/C5H4INO3/c6-5-1-3(7-10-5)4(9)2-8/h1,8H,2H2. The second-order valence-electron chi connectivity index (χ2n) is 1.60. The van der Waals surface area contributed by atoms with Crippen LogP contribution >= 0.6 is 22.6 Å². The third-order valence-electron chi connectivity index (χ3n) is 0.911. The molecule has 1 rings (SSSR count). The van der Waals surface area contributed by atoms with Crippen molar-refractivity contribution in [3.63, 3.8) is 0 Å². The number of aliphatic hydroxyl groups is 1. The molecule has 0 unspecified atom stereocenters. The molecule has 0 spiro atoms. The van der Waals surface area contributed by atoms with Crippen LogP contribution in [0.4, 0.5) is 0 Å². The van der Waals surface area contributed by atoms with Crippen molar-refractivity contribution in [1.82, 2.24) is 5.16 Å². The van der Waals surface area contributed by atoms with Gasteiger partial charge in [0.15, 0.2) is 9.46 Å². The largest absolute Gasteiger partial charge is 0.388 e. The Morgan fingerprint density at radius 2 is 2.60 bits per heavy atom. The quantitative estimate of drug-likeness (QED) is 0.614. The summed E-state index contributed by atoms with van der Waals surface area (Å²) in [5.74, 6) is -0.424. The van der Waals surface area contributed by atoms with Crippen LogP contribution in [0, 0.1) is 3.77 Å². The van der Waals surface area contributed by atoms with Gasteiger partial charge in [0.2, 0.25) is 5.78 Å². The summed E-state index contributed by atoms with van der Waals surface area (Å²) >= 11 is 1.89. The molecule has 0 bridgehead atoms. The topological polar surface area (TPSA) is 63.3 Å². The highest BCUT2D eigenvalue weighted by molar-refractivity contribution is 14.1. The second kappa shape index (κ2) is 3.11. The van der Waals surface area contributed by atoms with Crippen LogP contribution < -0.4 is 0 Å². The molecule has 1 aromatic heterocycles. The van der Waals surface area contributed by atoms with Gasteiger partial charge in [0.05, 0.1) is 0 Å². The van der Waals surface area contributed by atoms with E-state index in [1.807, 2.05) is 22.6 Å². The third-order valence-corrected chi connectivity index (χ3v) is 1.42. The molecule has 0 amide bonds. The summed E-state index contributed by atoms with van der Waals surface area (Å²) in [7, 11) is 0. The highest BCUT2D eigenvalue weighted by Gasteiger charge is 2.08. The second-order valence-corrected chi connectivity index (χ2v) is 2.66. The summed E-state index contributed by atoms with van der Waals surface area (Å²) in [6, 6.07) is 1.47. The maximum atomic E-state index is 10.7. The Bertz CT molecular complexity index is 245. The Morgan fingerprint density at radius 1 is 1.90 bits per heavy atom. The van der Waals surface area contributed by atoms with E-state index in [0.29, 0.717) is 3.77 Å². The smallest absolute Gasteiger partial charge is 0.210 e. The van der Waals surface area contributed by atoms with Crippen LogP contribution in [0.25, 0.3) is 0 Å². The molecule has 1 N–H and O–H groups in total. The highest BCUT2D eigenvalue weighted by atomic mass is 127. The number of halogens is 1. The lowest BCUT2D eigenvalue weighted by Crippen LogP contribution is -2.03. The zero-order valence-electron chi connectivity index (χ0n) is 4.87. The Morgan fingerprint density at radius 3 is 3.00 bits per heavy atom. The van der Waals surface area contributed by atoms with E-state index in [4.69, 9.17) is 5.11 Å². The molecule has 0 fully saturated rings. The first-order valence-corrected chi connectivity index (χ1v) is 3.58. The summed E-state index contributed by atoms with van der Waals surface area (Å²) in [6.45, 7) is -0.525.